The summed E-state index contributed by atoms with van der Waals surface area (Å²) in [5.41, 5.74) is 10.5. The van der Waals surface area contributed by atoms with Crippen molar-refractivity contribution < 1.29 is 14.0 Å². The van der Waals surface area contributed by atoms with Gasteiger partial charge in [0.05, 0.1) is 18.6 Å². The van der Waals surface area contributed by atoms with Crippen molar-refractivity contribution in [3.63, 3.8) is 0 Å². The number of nitrogens with two attached hydrogens (primary N) is 1. The summed E-state index contributed by atoms with van der Waals surface area (Å²) in [6.07, 6.45) is 2.16. The molecule has 0 unspecified atom stereocenters. The van der Waals surface area contributed by atoms with Crippen LogP contribution in [0.1, 0.15) is 50.6 Å². The number of hydrogen-bond acceptors (Lipinski definition) is 6. The van der Waals surface area contributed by atoms with Crippen LogP contribution < -0.4 is 5.73 Å². The minimum Gasteiger partial charge on any atom is -0.467 e. The van der Waals surface area contributed by atoms with E-state index in [9.17, 15) is 9.59 Å². The van der Waals surface area contributed by atoms with Crippen molar-refractivity contribution >= 4 is 23.5 Å². The van der Waals surface area contributed by atoms with E-state index in [4.69, 9.17) is 10.2 Å². The van der Waals surface area contributed by atoms with Gasteiger partial charge in [-0.2, -0.15) is 0 Å². The van der Waals surface area contributed by atoms with E-state index in [0.717, 1.165) is 28.0 Å². The standard InChI is InChI=1S/C22H26N4O3S/c1-13-10-18(16(4)15(3)14(13)2)19(27)12-30-22-25-24-21(8-7-20(23)28)26(22)11-17-6-5-9-29-17/h5-6,9-10H,7-8,11-12H2,1-4H3,(H2,23,28). The summed E-state index contributed by atoms with van der Waals surface area (Å²) in [6.45, 7) is 8.56. The van der Waals surface area contributed by atoms with E-state index in [-0.39, 0.29) is 18.0 Å². The lowest BCUT2D eigenvalue weighted by Gasteiger charge is -2.13. The molecule has 2 aromatic heterocycles. The Morgan fingerprint density at radius 3 is 2.57 bits per heavy atom. The van der Waals surface area contributed by atoms with Crippen molar-refractivity contribution in [1.29, 1.82) is 0 Å². The third-order valence-electron chi connectivity index (χ3n) is 5.40. The van der Waals surface area contributed by atoms with Gasteiger partial charge in [0.15, 0.2) is 10.9 Å². The second-order valence-corrected chi connectivity index (χ2v) is 8.30. The molecule has 2 N–H and O–H groups in total. The summed E-state index contributed by atoms with van der Waals surface area (Å²) in [5, 5.41) is 9.06. The number of nitrogens with zero attached hydrogens (tertiary/aromatic N) is 3. The number of aromatic nitrogens is 3. The van der Waals surface area contributed by atoms with Crippen molar-refractivity contribution in [3.05, 3.63) is 63.9 Å². The minimum atomic E-state index is -0.396. The Hall–Kier alpha value is -2.87. The summed E-state index contributed by atoms with van der Waals surface area (Å²) in [6, 6.07) is 5.63. The fourth-order valence-electron chi connectivity index (χ4n) is 3.27. The van der Waals surface area contributed by atoms with Crippen LogP contribution in [0.4, 0.5) is 0 Å². The lowest BCUT2D eigenvalue weighted by molar-refractivity contribution is -0.118. The number of thioether (sulfide) groups is 1. The van der Waals surface area contributed by atoms with Crippen LogP contribution in [0, 0.1) is 27.7 Å². The highest BCUT2D eigenvalue weighted by atomic mass is 32.2. The largest absolute Gasteiger partial charge is 0.467 e. The first-order valence-electron chi connectivity index (χ1n) is 9.74. The van der Waals surface area contributed by atoms with Crippen molar-refractivity contribution in [2.75, 3.05) is 5.75 Å². The quantitative estimate of drug-likeness (QED) is 0.414. The monoisotopic (exact) mass is 426 g/mol. The van der Waals surface area contributed by atoms with Gasteiger partial charge in [0.25, 0.3) is 0 Å². The second-order valence-electron chi connectivity index (χ2n) is 7.36. The molecule has 0 saturated carbocycles. The number of ketones is 1. The molecule has 7 nitrogen and oxygen atoms in total. The predicted octanol–water partition coefficient (Wildman–Crippen LogP) is 3.55. The number of amides is 1. The zero-order valence-electron chi connectivity index (χ0n) is 17.7. The van der Waals surface area contributed by atoms with E-state index < -0.39 is 5.91 Å². The maximum absolute atomic E-state index is 12.9. The van der Waals surface area contributed by atoms with Crippen molar-refractivity contribution in [2.45, 2.75) is 52.2 Å². The lowest BCUT2D eigenvalue weighted by atomic mass is 9.93. The molecule has 1 aromatic carbocycles. The first-order valence-corrected chi connectivity index (χ1v) is 10.7. The molecule has 0 radical (unpaired) electrons. The number of aryl methyl sites for hydroxylation is 2. The summed E-state index contributed by atoms with van der Waals surface area (Å²) in [4.78, 5) is 24.1. The van der Waals surface area contributed by atoms with Gasteiger partial charge in [0.1, 0.15) is 11.6 Å². The number of primary amides is 1. The molecule has 158 valence electrons. The molecule has 30 heavy (non-hydrogen) atoms. The highest BCUT2D eigenvalue weighted by Gasteiger charge is 2.18. The van der Waals surface area contributed by atoms with Crippen LogP contribution in [0.5, 0.6) is 0 Å². The molecule has 0 bridgehead atoms. The summed E-state index contributed by atoms with van der Waals surface area (Å²) < 4.78 is 7.32. The molecule has 2 heterocycles. The van der Waals surface area contributed by atoms with Crippen LogP contribution in [0.2, 0.25) is 0 Å². The molecule has 0 saturated heterocycles. The van der Waals surface area contributed by atoms with Gasteiger partial charge in [0, 0.05) is 18.4 Å². The van der Waals surface area contributed by atoms with Crippen molar-refractivity contribution in [1.82, 2.24) is 14.8 Å². The number of carbonyl (C=O) groups is 2. The fraction of sp³-hybridized carbons (Fsp3) is 0.364. The van der Waals surface area contributed by atoms with E-state index in [2.05, 4.69) is 17.1 Å². The molecule has 3 rings (SSSR count). The number of furan rings is 1. The molecule has 0 fully saturated rings. The first-order chi connectivity index (χ1) is 14.3. The lowest BCUT2D eigenvalue weighted by Crippen LogP contribution is -2.14. The van der Waals surface area contributed by atoms with E-state index in [1.807, 2.05) is 43.5 Å². The normalized spacial score (nSPS) is 11.1. The molecule has 0 atom stereocenters. The van der Waals surface area contributed by atoms with Gasteiger partial charge in [0.2, 0.25) is 5.91 Å². The Morgan fingerprint density at radius 2 is 1.90 bits per heavy atom. The van der Waals surface area contributed by atoms with E-state index in [0.29, 0.717) is 23.9 Å². The molecule has 0 aliphatic carbocycles. The van der Waals surface area contributed by atoms with Crippen molar-refractivity contribution in [2.24, 2.45) is 5.73 Å². The first kappa shape index (κ1) is 21.8. The zero-order valence-corrected chi connectivity index (χ0v) is 18.5. The number of benzene rings is 1. The Morgan fingerprint density at radius 1 is 1.13 bits per heavy atom. The predicted molar refractivity (Wildman–Crippen MR) is 116 cm³/mol. The molecule has 3 aromatic rings. The van der Waals surface area contributed by atoms with Gasteiger partial charge < -0.3 is 10.2 Å². The third kappa shape index (κ3) is 4.81. The molecule has 0 spiro atoms. The Balaban J connectivity index is 1.81. The smallest absolute Gasteiger partial charge is 0.217 e. The number of rotatable bonds is 9. The minimum absolute atomic E-state index is 0.0509. The highest BCUT2D eigenvalue weighted by Crippen LogP contribution is 2.25. The van der Waals surface area contributed by atoms with E-state index in [1.165, 1.54) is 17.3 Å². The van der Waals surface area contributed by atoms with Gasteiger partial charge in [-0.3, -0.25) is 14.2 Å². The topological polar surface area (TPSA) is 104 Å². The molecular weight excluding hydrogens is 400 g/mol. The number of carbonyl (C=O) groups excluding carboxylic acids is 2. The SMILES string of the molecule is Cc1cc(C(=O)CSc2nnc(CCC(N)=O)n2Cc2ccco2)c(C)c(C)c1C. The Labute approximate surface area is 180 Å². The molecule has 1 amide bonds. The van der Waals surface area contributed by atoms with Gasteiger partial charge in [-0.05, 0) is 68.1 Å². The number of hydrogen-bond donors (Lipinski definition) is 1. The van der Waals surface area contributed by atoms with Crippen LogP contribution in [0.15, 0.2) is 34.0 Å². The fourth-order valence-corrected chi connectivity index (χ4v) is 4.11. The van der Waals surface area contributed by atoms with Crippen LogP contribution in [0.3, 0.4) is 0 Å². The van der Waals surface area contributed by atoms with Crippen LogP contribution in [0.25, 0.3) is 0 Å². The van der Waals surface area contributed by atoms with Gasteiger partial charge in [-0.25, -0.2) is 0 Å². The van der Waals surface area contributed by atoms with Crippen LogP contribution >= 0.6 is 11.8 Å². The number of Topliss-reactive ketones (excluding diaryl/α,β-unsaturated/α-hetero) is 1. The van der Waals surface area contributed by atoms with E-state index in [1.54, 1.807) is 6.26 Å². The molecule has 8 heteroatoms. The van der Waals surface area contributed by atoms with Gasteiger partial charge >= 0.3 is 0 Å². The maximum Gasteiger partial charge on any atom is 0.217 e. The summed E-state index contributed by atoms with van der Waals surface area (Å²) >= 11 is 1.33. The van der Waals surface area contributed by atoms with Gasteiger partial charge in [-0.1, -0.05) is 11.8 Å². The molecule has 0 aliphatic heterocycles. The van der Waals surface area contributed by atoms with Gasteiger partial charge in [-0.15, -0.1) is 10.2 Å². The highest BCUT2D eigenvalue weighted by molar-refractivity contribution is 7.99. The van der Waals surface area contributed by atoms with Crippen LogP contribution in [-0.4, -0.2) is 32.2 Å². The third-order valence-corrected chi connectivity index (χ3v) is 6.36. The Kier molecular flexibility index (Phi) is 6.77. The average Bonchev–Trinajstić information content (AvgIpc) is 3.36. The van der Waals surface area contributed by atoms with Crippen molar-refractivity contribution in [3.8, 4) is 0 Å². The van der Waals surface area contributed by atoms with Crippen LogP contribution in [-0.2, 0) is 17.8 Å². The maximum atomic E-state index is 12.9. The summed E-state index contributed by atoms with van der Waals surface area (Å²) in [7, 11) is 0. The second kappa shape index (κ2) is 9.30. The summed E-state index contributed by atoms with van der Waals surface area (Å²) in [5.74, 6) is 1.28. The average molecular weight is 427 g/mol. The molecule has 0 aliphatic rings. The molecular formula is C22H26N4O3S. The van der Waals surface area contributed by atoms with E-state index >= 15 is 0 Å². The zero-order chi connectivity index (χ0) is 21.8. The Bertz CT molecular complexity index is 1070.